The average Bonchev–Trinajstić information content (AvgIpc) is 2.97. The topological polar surface area (TPSA) is 68.6 Å². The molecule has 1 heterocycles. The summed E-state index contributed by atoms with van der Waals surface area (Å²) in [5, 5.41) is 10.7. The SMILES string of the molecule is CCc1occc1C(O)C(CN)c1ccc(C)c(OC)c1. The molecule has 21 heavy (non-hydrogen) atoms. The summed E-state index contributed by atoms with van der Waals surface area (Å²) in [6.45, 7) is 4.34. The molecule has 2 rings (SSSR count). The third kappa shape index (κ3) is 3.12. The molecule has 0 aliphatic heterocycles. The van der Waals surface area contributed by atoms with Crippen molar-refractivity contribution in [2.75, 3.05) is 13.7 Å². The van der Waals surface area contributed by atoms with E-state index >= 15 is 0 Å². The maximum Gasteiger partial charge on any atom is 0.122 e. The van der Waals surface area contributed by atoms with Gasteiger partial charge in [-0.05, 0) is 30.2 Å². The van der Waals surface area contributed by atoms with Crippen LogP contribution in [-0.2, 0) is 6.42 Å². The van der Waals surface area contributed by atoms with Crippen LogP contribution >= 0.6 is 0 Å². The lowest BCUT2D eigenvalue weighted by Gasteiger charge is -2.23. The zero-order valence-corrected chi connectivity index (χ0v) is 12.8. The summed E-state index contributed by atoms with van der Waals surface area (Å²) in [5.41, 5.74) is 8.74. The Balaban J connectivity index is 2.35. The van der Waals surface area contributed by atoms with E-state index in [0.29, 0.717) is 6.54 Å². The van der Waals surface area contributed by atoms with Crippen molar-refractivity contribution in [3.05, 3.63) is 53.0 Å². The third-order valence-electron chi connectivity index (χ3n) is 3.91. The molecule has 0 bridgehead atoms. The Labute approximate surface area is 125 Å². The Morgan fingerprint density at radius 1 is 1.33 bits per heavy atom. The van der Waals surface area contributed by atoms with Gasteiger partial charge in [0.2, 0.25) is 0 Å². The van der Waals surface area contributed by atoms with Gasteiger partial charge in [0.05, 0.1) is 19.5 Å². The maximum atomic E-state index is 10.7. The number of methoxy groups -OCH3 is 1. The van der Waals surface area contributed by atoms with Crippen LogP contribution in [0, 0.1) is 6.92 Å². The molecule has 1 aromatic carbocycles. The van der Waals surface area contributed by atoms with Crippen LogP contribution in [0.5, 0.6) is 5.75 Å². The van der Waals surface area contributed by atoms with Crippen LogP contribution in [0.2, 0.25) is 0 Å². The van der Waals surface area contributed by atoms with Gasteiger partial charge < -0.3 is 20.0 Å². The van der Waals surface area contributed by atoms with E-state index in [0.717, 1.165) is 34.6 Å². The van der Waals surface area contributed by atoms with Crippen LogP contribution in [0.25, 0.3) is 0 Å². The van der Waals surface area contributed by atoms with E-state index in [-0.39, 0.29) is 5.92 Å². The molecule has 3 N–H and O–H groups in total. The minimum absolute atomic E-state index is 0.192. The number of hydrogen-bond acceptors (Lipinski definition) is 4. The molecule has 1 aromatic heterocycles. The molecule has 2 atom stereocenters. The number of aryl methyl sites for hydroxylation is 2. The number of nitrogens with two attached hydrogens (primary N) is 1. The van der Waals surface area contributed by atoms with Crippen LogP contribution in [0.15, 0.2) is 34.9 Å². The van der Waals surface area contributed by atoms with Gasteiger partial charge in [0.1, 0.15) is 11.5 Å². The fourth-order valence-electron chi connectivity index (χ4n) is 2.63. The van der Waals surface area contributed by atoms with Crippen LogP contribution in [0.3, 0.4) is 0 Å². The Bertz CT molecular complexity index is 591. The highest BCUT2D eigenvalue weighted by molar-refractivity contribution is 5.39. The highest BCUT2D eigenvalue weighted by Crippen LogP contribution is 2.34. The smallest absolute Gasteiger partial charge is 0.122 e. The first-order valence-electron chi connectivity index (χ1n) is 7.21. The Hall–Kier alpha value is -1.78. The standard InChI is InChI=1S/C17H23NO3/c1-4-15-13(7-8-21-15)17(19)14(10-18)12-6-5-11(2)16(9-12)20-3/h5-9,14,17,19H,4,10,18H2,1-3H3. The summed E-state index contributed by atoms with van der Waals surface area (Å²) in [6.07, 6.45) is 1.67. The zero-order valence-electron chi connectivity index (χ0n) is 12.8. The fraction of sp³-hybridized carbons (Fsp3) is 0.412. The first kappa shape index (κ1) is 15.6. The van der Waals surface area contributed by atoms with Gasteiger partial charge in [0, 0.05) is 24.4 Å². The van der Waals surface area contributed by atoms with E-state index in [1.165, 1.54) is 0 Å². The first-order chi connectivity index (χ1) is 10.1. The Morgan fingerprint density at radius 2 is 2.10 bits per heavy atom. The highest BCUT2D eigenvalue weighted by atomic mass is 16.5. The van der Waals surface area contributed by atoms with Crippen molar-refractivity contribution in [2.45, 2.75) is 32.3 Å². The van der Waals surface area contributed by atoms with Crippen molar-refractivity contribution in [1.29, 1.82) is 0 Å². The molecular formula is C17H23NO3. The number of benzene rings is 1. The van der Waals surface area contributed by atoms with Gasteiger partial charge in [-0.1, -0.05) is 19.1 Å². The molecule has 0 spiro atoms. The largest absolute Gasteiger partial charge is 0.496 e. The second kappa shape index (κ2) is 6.78. The molecule has 0 saturated heterocycles. The van der Waals surface area contributed by atoms with Crippen LogP contribution < -0.4 is 10.5 Å². The molecule has 2 unspecified atom stereocenters. The highest BCUT2D eigenvalue weighted by Gasteiger charge is 2.25. The number of aliphatic hydroxyl groups excluding tert-OH is 1. The van der Waals surface area contributed by atoms with E-state index in [4.69, 9.17) is 14.9 Å². The van der Waals surface area contributed by atoms with Crippen molar-refractivity contribution < 1.29 is 14.3 Å². The monoisotopic (exact) mass is 289 g/mol. The van der Waals surface area contributed by atoms with E-state index in [9.17, 15) is 5.11 Å². The van der Waals surface area contributed by atoms with Gasteiger partial charge in [0.15, 0.2) is 0 Å². The molecule has 0 saturated carbocycles. The molecular weight excluding hydrogens is 266 g/mol. The summed E-state index contributed by atoms with van der Waals surface area (Å²) < 4.78 is 10.8. The Kier molecular flexibility index (Phi) is 5.04. The minimum atomic E-state index is -0.684. The van der Waals surface area contributed by atoms with E-state index in [2.05, 4.69) is 0 Å². The first-order valence-corrected chi connectivity index (χ1v) is 7.21. The third-order valence-corrected chi connectivity index (χ3v) is 3.91. The van der Waals surface area contributed by atoms with E-state index < -0.39 is 6.10 Å². The molecule has 0 aliphatic rings. The molecule has 114 valence electrons. The minimum Gasteiger partial charge on any atom is -0.496 e. The number of ether oxygens (including phenoxy) is 1. The number of furan rings is 1. The lowest BCUT2D eigenvalue weighted by atomic mass is 9.88. The van der Waals surface area contributed by atoms with Crippen molar-refractivity contribution in [2.24, 2.45) is 5.73 Å². The van der Waals surface area contributed by atoms with Gasteiger partial charge in [-0.2, -0.15) is 0 Å². The zero-order chi connectivity index (χ0) is 15.4. The fourth-order valence-corrected chi connectivity index (χ4v) is 2.63. The molecule has 0 fully saturated rings. The quantitative estimate of drug-likeness (QED) is 0.858. The van der Waals surface area contributed by atoms with Crippen molar-refractivity contribution >= 4 is 0 Å². The van der Waals surface area contributed by atoms with Gasteiger partial charge in [-0.25, -0.2) is 0 Å². The molecule has 0 radical (unpaired) electrons. The van der Waals surface area contributed by atoms with Gasteiger partial charge >= 0.3 is 0 Å². The summed E-state index contributed by atoms with van der Waals surface area (Å²) in [5.74, 6) is 1.42. The van der Waals surface area contributed by atoms with E-state index in [1.807, 2.05) is 38.1 Å². The second-order valence-corrected chi connectivity index (χ2v) is 5.17. The van der Waals surface area contributed by atoms with Gasteiger partial charge in [-0.15, -0.1) is 0 Å². The normalized spacial score (nSPS) is 14.0. The molecule has 4 nitrogen and oxygen atoms in total. The molecule has 2 aromatic rings. The van der Waals surface area contributed by atoms with Crippen LogP contribution in [0.1, 0.15) is 41.4 Å². The van der Waals surface area contributed by atoms with Crippen molar-refractivity contribution in [3.8, 4) is 5.75 Å². The second-order valence-electron chi connectivity index (χ2n) is 5.17. The van der Waals surface area contributed by atoms with Crippen LogP contribution in [0.4, 0.5) is 0 Å². The molecule has 4 heteroatoms. The van der Waals surface area contributed by atoms with Gasteiger partial charge in [0.25, 0.3) is 0 Å². The van der Waals surface area contributed by atoms with Gasteiger partial charge in [-0.3, -0.25) is 0 Å². The number of aliphatic hydroxyl groups is 1. The maximum absolute atomic E-state index is 10.7. The predicted molar refractivity (Wildman–Crippen MR) is 82.6 cm³/mol. The number of rotatable bonds is 6. The average molecular weight is 289 g/mol. The molecule has 0 aliphatic carbocycles. The van der Waals surface area contributed by atoms with Crippen molar-refractivity contribution in [3.63, 3.8) is 0 Å². The van der Waals surface area contributed by atoms with Crippen molar-refractivity contribution in [1.82, 2.24) is 0 Å². The summed E-state index contributed by atoms with van der Waals surface area (Å²) in [7, 11) is 1.64. The van der Waals surface area contributed by atoms with E-state index in [1.54, 1.807) is 13.4 Å². The number of hydrogen-bond donors (Lipinski definition) is 2. The lowest BCUT2D eigenvalue weighted by Crippen LogP contribution is -2.20. The lowest BCUT2D eigenvalue weighted by molar-refractivity contribution is 0.145. The molecule has 0 amide bonds. The Morgan fingerprint density at radius 3 is 2.71 bits per heavy atom. The predicted octanol–water partition coefficient (Wildman–Crippen LogP) is 2.93. The van der Waals surface area contributed by atoms with Crippen LogP contribution in [-0.4, -0.2) is 18.8 Å². The summed E-state index contributed by atoms with van der Waals surface area (Å²) in [4.78, 5) is 0. The summed E-state index contributed by atoms with van der Waals surface area (Å²) >= 11 is 0. The summed E-state index contributed by atoms with van der Waals surface area (Å²) in [6, 6.07) is 7.74.